The predicted molar refractivity (Wildman–Crippen MR) is 261 cm³/mol. The van der Waals surface area contributed by atoms with Gasteiger partial charge in [0.1, 0.15) is 47.5 Å². The topological polar surface area (TPSA) is 597 Å². The molecular formula is C40H20N10Na6O26S6. The molecule has 7 aromatic rings. The second-order valence-corrected chi connectivity index (χ2v) is 19.5. The van der Waals surface area contributed by atoms with Crippen molar-refractivity contribution < 1.29 is 289 Å². The number of azo groups is 4. The molecule has 7 aromatic carbocycles. The number of aromatic hydroxyl groups is 2. The van der Waals surface area contributed by atoms with E-state index in [9.17, 15) is 73.9 Å². The summed E-state index contributed by atoms with van der Waals surface area (Å²) in [6, 6.07) is 21.0. The number of phenols is 2. The van der Waals surface area contributed by atoms with Crippen LogP contribution in [-0.2, 0) is 67.0 Å². The molecule has 0 atom stereocenters. The number of aromatic carboxylic acids is 1. The number of hydrogen-bond acceptors (Lipinski definition) is 34. The number of ether oxygens (including phenoxy) is 1. The Hall–Kier alpha value is -4.21. The van der Waals surface area contributed by atoms with Crippen molar-refractivity contribution >= 4 is 153 Å². The normalized spacial score (nSPS) is 10.8. The fourth-order valence-corrected chi connectivity index (χ4v) is 8.16. The van der Waals surface area contributed by atoms with Crippen molar-refractivity contribution in [3.63, 3.8) is 0 Å². The van der Waals surface area contributed by atoms with Crippen molar-refractivity contribution in [3.8, 4) is 17.2 Å². The number of non-ortho nitro benzene ring substituents is 1. The molecule has 0 unspecified atom stereocenters. The zero-order valence-electron chi connectivity index (χ0n) is 44.9. The molecule has 7 rings (SSSR count). The summed E-state index contributed by atoms with van der Waals surface area (Å²) in [6.07, 6.45) is 0. The van der Waals surface area contributed by atoms with Crippen molar-refractivity contribution in [2.45, 2.75) is 14.7 Å². The average Bonchev–Trinajstić information content (AvgIpc) is 3.14. The van der Waals surface area contributed by atoms with E-state index in [0.29, 0.717) is 12.1 Å². The molecule has 0 spiro atoms. The van der Waals surface area contributed by atoms with Gasteiger partial charge in [-0.15, -0.1) is 66.3 Å². The van der Waals surface area contributed by atoms with Crippen molar-refractivity contribution in [3.05, 3.63) is 119 Å². The van der Waals surface area contributed by atoms with Crippen LogP contribution in [0.5, 0.6) is 17.2 Å². The van der Waals surface area contributed by atoms with E-state index in [4.69, 9.17) is 48.4 Å². The number of carbonyl (C=O) groups excluding carboxylic acids is 1. The fourth-order valence-electron chi connectivity index (χ4n) is 6.25. The molecule has 0 aliphatic carbocycles. The number of carbonyl (C=O) groups is 2. The quantitative estimate of drug-likeness (QED) is 0.0108. The third-order valence-corrected chi connectivity index (χ3v) is 11.9. The van der Waals surface area contributed by atoms with Gasteiger partial charge in [-0.3, -0.25) is 14.9 Å². The van der Waals surface area contributed by atoms with Crippen LogP contribution in [0.15, 0.2) is 141 Å². The van der Waals surface area contributed by atoms with E-state index in [1.54, 1.807) is 0 Å². The minimum absolute atomic E-state index is 0. The van der Waals surface area contributed by atoms with Gasteiger partial charge < -0.3 is 39.4 Å². The first-order chi connectivity index (χ1) is 38.1. The number of rotatable bonds is 15. The third kappa shape index (κ3) is 25.8. The SMILES string of the molecule is Nc1c(N=Nc2ccc(N=Nc3c[c-]ccc3S(=O)(=O)[O-])c3c[c-]c(N=Nc4cc(OC=O)cc(C(=O)O)c4)c(O)c23)cc(S(=O)(=O)[O-])c2cc(S(=O)(=O)[O-])c(N=Nc3[c-]cc([N+](=O)[O-])cc3)c(O)c12.O=S(=O)=O.O=S(=O)=O.O=S(=O)=O.[Na+].[Na+].[Na+].[Na+].[Na+].[Na+]. The molecule has 0 saturated heterocycles. The van der Waals surface area contributed by atoms with Crippen LogP contribution >= 0.6 is 0 Å². The maximum atomic E-state index is 12.7. The second-order valence-electron chi connectivity index (χ2n) is 14.3. The third-order valence-electron chi connectivity index (χ3n) is 9.31. The van der Waals surface area contributed by atoms with E-state index in [2.05, 4.69) is 59.1 Å². The Kier molecular flexibility index (Phi) is 39.2. The van der Waals surface area contributed by atoms with Crippen molar-refractivity contribution in [1.82, 2.24) is 0 Å². The van der Waals surface area contributed by atoms with Gasteiger partial charge in [0.15, 0.2) is 11.4 Å². The summed E-state index contributed by atoms with van der Waals surface area (Å²) in [5, 5.41) is 72.4. The van der Waals surface area contributed by atoms with E-state index in [1.165, 1.54) is 6.07 Å². The zero-order valence-corrected chi connectivity index (χ0v) is 61.8. The fraction of sp³-hybridized carbons (Fsp3) is 0. The average molecular weight is 1390 g/mol. The molecule has 0 radical (unpaired) electrons. The largest absolute Gasteiger partial charge is 1.00 e. The number of nitrogen functional groups attached to an aromatic ring is 1. The Morgan fingerprint density at radius 1 is 0.580 bits per heavy atom. The molecule has 428 valence electrons. The van der Waals surface area contributed by atoms with Crippen LogP contribution in [0.4, 0.5) is 56.9 Å². The van der Waals surface area contributed by atoms with Gasteiger partial charge in [-0.1, -0.05) is 22.9 Å². The smallest absolute Gasteiger partial charge is 0.746 e. The van der Waals surface area contributed by atoms with Crippen LogP contribution in [0.25, 0.3) is 21.5 Å². The molecule has 0 saturated carbocycles. The maximum Gasteiger partial charge on any atom is 1.00 e. The Balaban J connectivity index is -0.00000368. The molecule has 0 fully saturated rings. The van der Waals surface area contributed by atoms with Gasteiger partial charge in [-0.05, 0) is 52.7 Å². The van der Waals surface area contributed by atoms with E-state index < -0.39 is 144 Å². The molecule has 36 nitrogen and oxygen atoms in total. The van der Waals surface area contributed by atoms with Gasteiger partial charge in [0, 0.05) is 33.5 Å². The first-order valence-corrected chi connectivity index (χ1v) is 27.2. The summed E-state index contributed by atoms with van der Waals surface area (Å²) < 4.78 is 192. The van der Waals surface area contributed by atoms with E-state index in [0.717, 1.165) is 66.7 Å². The molecule has 0 aromatic heterocycles. The number of nitrogens with zero attached hydrogens (tertiary/aromatic N) is 9. The van der Waals surface area contributed by atoms with Gasteiger partial charge in [0.25, 0.3) is 6.47 Å². The molecular weight excluding hydrogens is 1370 g/mol. The number of carboxylic acids is 1. The number of nitrogens with two attached hydrogens (primary N) is 1. The Bertz CT molecular complexity index is 4550. The Labute approximate surface area is 630 Å². The van der Waals surface area contributed by atoms with Crippen molar-refractivity contribution in [2.75, 3.05) is 5.73 Å². The van der Waals surface area contributed by atoms with Gasteiger partial charge in [-0.2, -0.15) is 55.9 Å². The van der Waals surface area contributed by atoms with Gasteiger partial charge in [-0.25, -0.2) is 35.2 Å². The molecule has 0 bridgehead atoms. The van der Waals surface area contributed by atoms with E-state index >= 15 is 0 Å². The second kappa shape index (κ2) is 39.2. The molecule has 5 N–H and O–H groups in total. The van der Waals surface area contributed by atoms with Gasteiger partial charge in [0.2, 0.25) is 0 Å². The number of benzene rings is 7. The number of hydrogen-bond donors (Lipinski definition) is 4. The summed E-state index contributed by atoms with van der Waals surface area (Å²) in [6.45, 7) is 0.0213. The summed E-state index contributed by atoms with van der Waals surface area (Å²) in [5.74, 6) is -3.82. The molecule has 48 heteroatoms. The van der Waals surface area contributed by atoms with Crippen LogP contribution in [0, 0.1) is 28.3 Å². The molecule has 88 heavy (non-hydrogen) atoms. The van der Waals surface area contributed by atoms with Crippen molar-refractivity contribution in [2.24, 2.45) is 40.9 Å². The molecule has 0 aliphatic rings. The summed E-state index contributed by atoms with van der Waals surface area (Å²) >= 11 is 0. The number of fused-ring (bicyclic) bond motifs is 2. The van der Waals surface area contributed by atoms with Crippen LogP contribution in [0.1, 0.15) is 10.4 Å². The standard InChI is InChI=1S/C40H23N10O17S3.6Na.3O3S/c41-36-30(17-32(69(61,62)63)25-16-33(70(64,65)66)37(39(53)35(25)36)49-42-20-5-7-22(8-6-20)50(56)57)48-46-28-12-11-26(44-45-27-3-1-2-4-31(27)68(58,59)60)24-9-10-29(38(52)34(24)28)47-43-21-13-19(40(54)55)14-23(15-21)67-18-51;;;;;;;3*1-4(2)3/h2-5,7-9,11-18,52-53H,41H2,(H,54,55)(H,58,59,60)(H,61,62,63)(H,64,65,66);;;;;;;;;/q-3;6*+1;;;/p-3. The number of nitro benzene ring substituents is 1. The first kappa shape index (κ1) is 88.0. The molecule has 0 amide bonds. The summed E-state index contributed by atoms with van der Waals surface area (Å²) in [4.78, 5) is 29.5. The first-order valence-electron chi connectivity index (χ1n) is 20.0. The van der Waals surface area contributed by atoms with E-state index in [1.807, 2.05) is 0 Å². The number of anilines is 1. The zero-order chi connectivity index (χ0) is 61.6. The minimum atomic E-state index is -5.68. The molecule has 0 heterocycles. The summed E-state index contributed by atoms with van der Waals surface area (Å²) in [7, 11) is -25.8. The Morgan fingerprint density at radius 3 is 1.62 bits per heavy atom. The van der Waals surface area contributed by atoms with Crippen LogP contribution in [0.3, 0.4) is 0 Å². The van der Waals surface area contributed by atoms with Crippen molar-refractivity contribution in [1.29, 1.82) is 0 Å². The summed E-state index contributed by atoms with van der Waals surface area (Å²) in [5.41, 5.74) is 1.01. The Morgan fingerprint density at radius 2 is 1.11 bits per heavy atom. The monoisotopic (exact) mass is 1390 g/mol. The van der Waals surface area contributed by atoms with Gasteiger partial charge in [0.05, 0.1) is 37.8 Å². The van der Waals surface area contributed by atoms with Gasteiger partial charge >= 0.3 is 215 Å². The van der Waals surface area contributed by atoms with Crippen LogP contribution in [-0.4, -0.2) is 109 Å². The van der Waals surface area contributed by atoms with Crippen LogP contribution < -0.4 is 188 Å². The maximum absolute atomic E-state index is 12.7. The van der Waals surface area contributed by atoms with Crippen LogP contribution in [0.2, 0.25) is 0 Å². The number of phenolic OH excluding ortho intramolecular Hbond substituents is 2. The van der Waals surface area contributed by atoms with E-state index in [-0.39, 0.29) is 229 Å². The minimum Gasteiger partial charge on any atom is -0.746 e. The predicted octanol–water partition coefficient (Wildman–Crippen LogP) is -13.1. The number of nitro groups is 1. The molecule has 0 aliphatic heterocycles. The number of carboxylic acid groups (broad SMARTS) is 1.